The summed E-state index contributed by atoms with van der Waals surface area (Å²) in [6, 6.07) is 7.69. The molecule has 34 heavy (non-hydrogen) atoms. The number of nitrogens with zero attached hydrogens (tertiary/aromatic N) is 1. The second kappa shape index (κ2) is 13.8. The lowest BCUT2D eigenvalue weighted by Crippen LogP contribution is -2.25. The van der Waals surface area contributed by atoms with E-state index in [1.807, 2.05) is 18.2 Å². The lowest BCUT2D eigenvalue weighted by atomic mass is 9.68. The Hall–Kier alpha value is -2.02. The van der Waals surface area contributed by atoms with E-state index < -0.39 is 11.7 Å². The van der Waals surface area contributed by atoms with Crippen LogP contribution in [0.15, 0.2) is 48.6 Å². The van der Waals surface area contributed by atoms with Crippen LogP contribution >= 0.6 is 0 Å². The quantitative estimate of drug-likeness (QED) is 0.189. The number of unbranched alkanes of at least 4 members (excludes halogenated alkanes) is 1. The highest BCUT2D eigenvalue weighted by atomic mass is 19.4. The fraction of sp³-hybridized carbons (Fsp3) is 0.633. The largest absolute Gasteiger partial charge is 0.416 e. The van der Waals surface area contributed by atoms with Crippen LogP contribution in [0.3, 0.4) is 0 Å². The first-order chi connectivity index (χ1) is 16.5. The Labute approximate surface area is 204 Å². The van der Waals surface area contributed by atoms with Crippen molar-refractivity contribution in [2.24, 2.45) is 23.7 Å². The molecular formula is C30H40F3N. The minimum atomic E-state index is -4.24. The molecule has 0 aliphatic heterocycles. The Morgan fingerprint density at radius 3 is 1.94 bits per heavy atom. The molecule has 2 aliphatic rings. The molecule has 4 heteroatoms. The van der Waals surface area contributed by atoms with Crippen LogP contribution in [0.1, 0.15) is 94.6 Å². The van der Waals surface area contributed by atoms with E-state index in [1.165, 1.54) is 88.8 Å². The smallest absolute Gasteiger partial charge is 0.193 e. The summed E-state index contributed by atoms with van der Waals surface area (Å²) in [6.45, 7) is 0. The monoisotopic (exact) mass is 471 g/mol. The van der Waals surface area contributed by atoms with E-state index >= 15 is 0 Å². The first-order valence-electron chi connectivity index (χ1n) is 13.3. The van der Waals surface area contributed by atoms with Gasteiger partial charge in [0.25, 0.3) is 0 Å². The zero-order valence-corrected chi connectivity index (χ0v) is 20.4. The van der Waals surface area contributed by atoms with Gasteiger partial charge >= 0.3 is 6.18 Å². The molecule has 1 aromatic carbocycles. The molecule has 3 rings (SSSR count). The summed E-state index contributed by atoms with van der Waals surface area (Å²) in [7, 11) is 0. The fourth-order valence-electron chi connectivity index (χ4n) is 6.12. The highest BCUT2D eigenvalue weighted by Crippen LogP contribution is 2.43. The number of aryl methyl sites for hydroxylation is 1. The van der Waals surface area contributed by atoms with Gasteiger partial charge in [0.15, 0.2) is 0 Å². The van der Waals surface area contributed by atoms with E-state index in [4.69, 9.17) is 5.26 Å². The average molecular weight is 472 g/mol. The average Bonchev–Trinajstić information content (AvgIpc) is 2.84. The summed E-state index contributed by atoms with van der Waals surface area (Å²) in [6.07, 6.45) is 21.2. The molecule has 186 valence electrons. The fourth-order valence-corrected chi connectivity index (χ4v) is 6.12. The number of halogens is 3. The topological polar surface area (TPSA) is 23.8 Å². The van der Waals surface area contributed by atoms with Crippen molar-refractivity contribution in [3.8, 4) is 6.07 Å². The molecule has 0 N–H and O–H groups in total. The van der Waals surface area contributed by atoms with Gasteiger partial charge in [-0.3, -0.25) is 0 Å². The van der Waals surface area contributed by atoms with E-state index in [-0.39, 0.29) is 0 Å². The molecule has 0 spiro atoms. The van der Waals surface area contributed by atoms with Gasteiger partial charge in [-0.1, -0.05) is 68.9 Å². The van der Waals surface area contributed by atoms with Crippen LogP contribution in [-0.2, 0) is 12.6 Å². The van der Waals surface area contributed by atoms with Crippen molar-refractivity contribution in [3.63, 3.8) is 0 Å². The Bertz CT molecular complexity index is 799. The van der Waals surface area contributed by atoms with Crippen molar-refractivity contribution in [3.05, 3.63) is 59.7 Å². The molecule has 1 aromatic rings. The summed E-state index contributed by atoms with van der Waals surface area (Å²) >= 11 is 0. The maximum absolute atomic E-state index is 12.7. The van der Waals surface area contributed by atoms with Gasteiger partial charge < -0.3 is 0 Å². The normalized spacial score (nSPS) is 26.2. The lowest BCUT2D eigenvalue weighted by molar-refractivity contribution is -0.137. The molecule has 0 atom stereocenters. The second-order valence-corrected chi connectivity index (χ2v) is 10.5. The van der Waals surface area contributed by atoms with Crippen LogP contribution in [0.2, 0.25) is 0 Å². The number of hydrogen-bond acceptors (Lipinski definition) is 1. The molecule has 0 bridgehead atoms. The van der Waals surface area contributed by atoms with E-state index in [0.717, 1.165) is 48.5 Å². The number of benzene rings is 1. The van der Waals surface area contributed by atoms with E-state index in [1.54, 1.807) is 12.1 Å². The van der Waals surface area contributed by atoms with Gasteiger partial charge in [0.1, 0.15) is 0 Å². The van der Waals surface area contributed by atoms with Gasteiger partial charge in [0, 0.05) is 6.08 Å². The van der Waals surface area contributed by atoms with E-state index in [9.17, 15) is 13.2 Å². The van der Waals surface area contributed by atoms with Crippen LogP contribution in [-0.4, -0.2) is 0 Å². The highest BCUT2D eigenvalue weighted by molar-refractivity contribution is 5.24. The van der Waals surface area contributed by atoms with Gasteiger partial charge in [0.05, 0.1) is 11.6 Å². The Morgan fingerprint density at radius 1 is 0.794 bits per heavy atom. The van der Waals surface area contributed by atoms with Crippen LogP contribution in [0.4, 0.5) is 13.2 Å². The number of allylic oxidation sites excluding steroid dienone is 4. The third-order valence-corrected chi connectivity index (χ3v) is 8.22. The summed E-state index contributed by atoms with van der Waals surface area (Å²) in [5.41, 5.74) is 0.457. The first-order valence-corrected chi connectivity index (χ1v) is 13.3. The molecule has 0 heterocycles. The number of nitriles is 1. The van der Waals surface area contributed by atoms with Crippen LogP contribution < -0.4 is 0 Å². The number of rotatable bonds is 10. The van der Waals surface area contributed by atoms with Crippen molar-refractivity contribution in [1.82, 2.24) is 0 Å². The SMILES string of the molecule is N#CC=CC=CCCC1CCC(C2CCC(CCCCc3ccc(C(F)(F)F)cc3)CC2)CC1. The summed E-state index contributed by atoms with van der Waals surface area (Å²) in [4.78, 5) is 0. The molecular weight excluding hydrogens is 431 g/mol. The molecule has 1 nitrogen and oxygen atoms in total. The summed E-state index contributed by atoms with van der Waals surface area (Å²) < 4.78 is 38.0. The van der Waals surface area contributed by atoms with Crippen molar-refractivity contribution in [2.75, 3.05) is 0 Å². The Kier molecular flexibility index (Phi) is 10.8. The standard InChI is InChI=1S/C30H40F3N/c31-30(32,33)29-21-15-26(16-22-29)10-6-5-9-25-13-19-28(20-14-25)27-17-11-24(12-18-27)8-4-2-1-3-7-23-34/h1-3,7,15-16,21-22,24-25,27-28H,4-6,8-14,17-20H2. The van der Waals surface area contributed by atoms with Crippen molar-refractivity contribution in [1.29, 1.82) is 5.26 Å². The van der Waals surface area contributed by atoms with Gasteiger partial charge in [-0.05, 0) is 92.7 Å². The van der Waals surface area contributed by atoms with E-state index in [0.29, 0.717) is 0 Å². The molecule has 2 saturated carbocycles. The van der Waals surface area contributed by atoms with Crippen LogP contribution in [0, 0.1) is 35.0 Å². The van der Waals surface area contributed by atoms with Crippen LogP contribution in [0.5, 0.6) is 0 Å². The van der Waals surface area contributed by atoms with Crippen molar-refractivity contribution in [2.45, 2.75) is 96.1 Å². The lowest BCUT2D eigenvalue weighted by Gasteiger charge is -2.38. The second-order valence-electron chi connectivity index (χ2n) is 10.5. The van der Waals surface area contributed by atoms with Gasteiger partial charge in [0.2, 0.25) is 0 Å². The molecule has 2 aliphatic carbocycles. The minimum Gasteiger partial charge on any atom is -0.193 e. The summed E-state index contributed by atoms with van der Waals surface area (Å²) in [5, 5.41) is 8.49. The molecule has 0 amide bonds. The number of hydrogen-bond donors (Lipinski definition) is 0. The van der Waals surface area contributed by atoms with Gasteiger partial charge in [-0.2, -0.15) is 18.4 Å². The summed E-state index contributed by atoms with van der Waals surface area (Å²) in [5.74, 6) is 3.59. The van der Waals surface area contributed by atoms with Crippen LogP contribution in [0.25, 0.3) is 0 Å². The minimum absolute atomic E-state index is 0.556. The predicted octanol–water partition coefficient (Wildman–Crippen LogP) is 9.45. The van der Waals surface area contributed by atoms with Gasteiger partial charge in [-0.15, -0.1) is 0 Å². The first kappa shape index (κ1) is 26.6. The van der Waals surface area contributed by atoms with Gasteiger partial charge in [-0.25, -0.2) is 0 Å². The maximum Gasteiger partial charge on any atom is 0.416 e. The molecule has 2 fully saturated rings. The molecule has 0 unspecified atom stereocenters. The van der Waals surface area contributed by atoms with E-state index in [2.05, 4.69) is 6.08 Å². The Morgan fingerprint density at radius 2 is 1.38 bits per heavy atom. The third-order valence-electron chi connectivity index (χ3n) is 8.22. The maximum atomic E-state index is 12.7. The Balaban J connectivity index is 1.25. The number of alkyl halides is 3. The van der Waals surface area contributed by atoms with Crippen molar-refractivity contribution < 1.29 is 13.2 Å². The molecule has 0 saturated heterocycles. The molecule has 0 aromatic heterocycles. The molecule has 0 radical (unpaired) electrons. The zero-order chi connectivity index (χ0) is 24.2. The predicted molar refractivity (Wildman–Crippen MR) is 133 cm³/mol. The highest BCUT2D eigenvalue weighted by Gasteiger charge is 2.31. The third kappa shape index (κ3) is 8.97. The zero-order valence-electron chi connectivity index (χ0n) is 20.4. The van der Waals surface area contributed by atoms with Crippen molar-refractivity contribution >= 4 is 0 Å².